The molecular formula is C21H24N2O7S2. The van der Waals surface area contributed by atoms with Crippen LogP contribution in [0.15, 0.2) is 34.5 Å². The summed E-state index contributed by atoms with van der Waals surface area (Å²) in [7, 11) is -3.95. The lowest BCUT2D eigenvalue weighted by atomic mass is 10.1. The summed E-state index contributed by atoms with van der Waals surface area (Å²) in [5, 5.41) is 1.75. The molecule has 2 aromatic rings. The van der Waals surface area contributed by atoms with E-state index in [-0.39, 0.29) is 35.4 Å². The Kier molecular flexibility index (Phi) is 7.75. The Morgan fingerprint density at radius 3 is 2.53 bits per heavy atom. The number of carbonyl (C=O) groups excluding carboxylic acids is 3. The molecule has 3 rings (SSSR count). The lowest BCUT2D eigenvalue weighted by Gasteiger charge is -2.33. The van der Waals surface area contributed by atoms with Crippen LogP contribution in [0, 0.1) is 0 Å². The molecule has 1 aromatic carbocycles. The van der Waals surface area contributed by atoms with Crippen molar-refractivity contribution < 1.29 is 32.3 Å². The summed E-state index contributed by atoms with van der Waals surface area (Å²) in [4.78, 5) is 40.0. The van der Waals surface area contributed by atoms with Crippen LogP contribution in [0.3, 0.4) is 0 Å². The number of sulfonamides is 1. The van der Waals surface area contributed by atoms with E-state index in [1.807, 2.05) is 0 Å². The molecule has 2 heterocycles. The SMILES string of the molecule is CCOC(=O)c1nc(COC(=O)C2CCCCN2S(=O)(=O)c2ccc(C(C)=O)cc2)cs1. The van der Waals surface area contributed by atoms with E-state index in [9.17, 15) is 22.8 Å². The van der Waals surface area contributed by atoms with E-state index >= 15 is 0 Å². The molecule has 0 radical (unpaired) electrons. The smallest absolute Gasteiger partial charge is 0.367 e. The second kappa shape index (κ2) is 10.3. The van der Waals surface area contributed by atoms with Gasteiger partial charge in [0.2, 0.25) is 15.0 Å². The van der Waals surface area contributed by atoms with Crippen molar-refractivity contribution >= 4 is 39.1 Å². The number of benzene rings is 1. The molecule has 1 unspecified atom stereocenters. The number of piperidine rings is 1. The molecule has 172 valence electrons. The van der Waals surface area contributed by atoms with Crippen molar-refractivity contribution in [2.45, 2.75) is 50.7 Å². The van der Waals surface area contributed by atoms with Crippen LogP contribution in [-0.4, -0.2) is 54.6 Å². The van der Waals surface area contributed by atoms with Gasteiger partial charge in [-0.1, -0.05) is 12.1 Å². The Balaban J connectivity index is 1.71. The molecule has 1 fully saturated rings. The highest BCUT2D eigenvalue weighted by atomic mass is 32.2. The van der Waals surface area contributed by atoms with Crippen LogP contribution in [0.25, 0.3) is 0 Å². The summed E-state index contributed by atoms with van der Waals surface area (Å²) in [6, 6.07) is 4.69. The van der Waals surface area contributed by atoms with Crippen molar-refractivity contribution in [3.63, 3.8) is 0 Å². The minimum absolute atomic E-state index is 0.0146. The van der Waals surface area contributed by atoms with Crippen LogP contribution < -0.4 is 0 Å². The van der Waals surface area contributed by atoms with Gasteiger partial charge < -0.3 is 9.47 Å². The Morgan fingerprint density at radius 1 is 1.16 bits per heavy atom. The van der Waals surface area contributed by atoms with Crippen LogP contribution in [0.2, 0.25) is 0 Å². The van der Waals surface area contributed by atoms with Crippen LogP contribution in [0.5, 0.6) is 0 Å². The fourth-order valence-electron chi connectivity index (χ4n) is 3.33. The zero-order valence-electron chi connectivity index (χ0n) is 17.8. The van der Waals surface area contributed by atoms with Crippen molar-refractivity contribution in [2.75, 3.05) is 13.2 Å². The summed E-state index contributed by atoms with van der Waals surface area (Å²) in [5.74, 6) is -1.38. The topological polar surface area (TPSA) is 120 Å². The maximum atomic E-state index is 13.2. The number of ketones is 1. The van der Waals surface area contributed by atoms with E-state index in [4.69, 9.17) is 9.47 Å². The summed E-state index contributed by atoms with van der Waals surface area (Å²) >= 11 is 1.08. The monoisotopic (exact) mass is 480 g/mol. The minimum atomic E-state index is -3.95. The van der Waals surface area contributed by atoms with Crippen molar-refractivity contribution in [3.8, 4) is 0 Å². The lowest BCUT2D eigenvalue weighted by Crippen LogP contribution is -2.48. The molecule has 0 N–H and O–H groups in total. The van der Waals surface area contributed by atoms with Gasteiger partial charge in [-0.05, 0) is 45.2 Å². The molecule has 1 atom stereocenters. The van der Waals surface area contributed by atoms with Gasteiger partial charge in [-0.2, -0.15) is 4.31 Å². The molecule has 0 aliphatic carbocycles. The quantitative estimate of drug-likeness (QED) is 0.418. The van der Waals surface area contributed by atoms with E-state index in [0.717, 1.165) is 15.6 Å². The standard InChI is InChI=1S/C21H24N2O7S2/c1-3-29-21(26)19-22-16(13-31-19)12-30-20(25)18-6-4-5-11-23(18)32(27,28)17-9-7-15(8-10-17)14(2)24/h7-10,13,18H,3-6,11-12H2,1-2H3. The molecule has 9 nitrogen and oxygen atoms in total. The minimum Gasteiger partial charge on any atom is -0.461 e. The Morgan fingerprint density at radius 2 is 1.88 bits per heavy atom. The number of Topliss-reactive ketones (excluding diaryl/α,β-unsaturated/α-hetero) is 1. The molecule has 0 amide bonds. The summed E-state index contributed by atoms with van der Waals surface area (Å²) in [5.41, 5.74) is 0.792. The summed E-state index contributed by atoms with van der Waals surface area (Å²) < 4.78 is 37.7. The van der Waals surface area contributed by atoms with E-state index in [1.165, 1.54) is 31.2 Å². The van der Waals surface area contributed by atoms with Crippen molar-refractivity contribution in [3.05, 3.63) is 45.9 Å². The predicted octanol–water partition coefficient (Wildman–Crippen LogP) is 2.81. The number of hydrogen-bond acceptors (Lipinski definition) is 9. The van der Waals surface area contributed by atoms with Crippen molar-refractivity contribution in [1.82, 2.24) is 9.29 Å². The first-order chi connectivity index (χ1) is 15.2. The van der Waals surface area contributed by atoms with Gasteiger partial charge in [-0.3, -0.25) is 9.59 Å². The average molecular weight is 481 g/mol. The highest BCUT2D eigenvalue weighted by molar-refractivity contribution is 7.89. The van der Waals surface area contributed by atoms with Gasteiger partial charge in [-0.25, -0.2) is 18.2 Å². The van der Waals surface area contributed by atoms with E-state index < -0.39 is 28.0 Å². The van der Waals surface area contributed by atoms with Crippen LogP contribution in [-0.2, 0) is 30.9 Å². The molecule has 1 aliphatic heterocycles. The second-order valence-corrected chi connectivity index (χ2v) is 9.93. The number of ether oxygens (including phenoxy) is 2. The van der Waals surface area contributed by atoms with Gasteiger partial charge in [-0.15, -0.1) is 11.3 Å². The molecule has 1 aliphatic rings. The first-order valence-corrected chi connectivity index (χ1v) is 12.5. The summed E-state index contributed by atoms with van der Waals surface area (Å²) in [6.07, 6.45) is 1.66. The molecule has 32 heavy (non-hydrogen) atoms. The highest BCUT2D eigenvalue weighted by Crippen LogP contribution is 2.27. The molecule has 1 saturated heterocycles. The van der Waals surface area contributed by atoms with E-state index in [1.54, 1.807) is 12.3 Å². The van der Waals surface area contributed by atoms with Gasteiger partial charge in [0.15, 0.2) is 5.78 Å². The molecule has 11 heteroatoms. The van der Waals surface area contributed by atoms with Crippen molar-refractivity contribution in [2.24, 2.45) is 0 Å². The Hall–Kier alpha value is -2.63. The van der Waals surface area contributed by atoms with Gasteiger partial charge in [0.05, 0.1) is 17.2 Å². The van der Waals surface area contributed by atoms with Gasteiger partial charge >= 0.3 is 11.9 Å². The number of thiazole rings is 1. The Bertz CT molecular complexity index is 1090. The summed E-state index contributed by atoms with van der Waals surface area (Å²) in [6.45, 7) is 3.34. The number of carbonyl (C=O) groups is 3. The van der Waals surface area contributed by atoms with Crippen LogP contribution in [0.4, 0.5) is 0 Å². The number of hydrogen-bond donors (Lipinski definition) is 0. The third-order valence-corrected chi connectivity index (χ3v) is 7.75. The molecular weight excluding hydrogens is 456 g/mol. The highest BCUT2D eigenvalue weighted by Gasteiger charge is 2.38. The average Bonchev–Trinajstić information content (AvgIpc) is 3.27. The third-order valence-electron chi connectivity index (χ3n) is 4.96. The van der Waals surface area contributed by atoms with Crippen LogP contribution in [0.1, 0.15) is 59.0 Å². The largest absolute Gasteiger partial charge is 0.461 e. The first-order valence-electron chi connectivity index (χ1n) is 10.1. The molecule has 0 spiro atoms. The predicted molar refractivity (Wildman–Crippen MR) is 116 cm³/mol. The molecule has 0 saturated carbocycles. The van der Waals surface area contributed by atoms with Gasteiger partial charge in [0.1, 0.15) is 12.6 Å². The fourth-order valence-corrected chi connectivity index (χ4v) is 5.67. The third kappa shape index (κ3) is 5.40. The second-order valence-electron chi connectivity index (χ2n) is 7.18. The number of rotatable bonds is 8. The maximum Gasteiger partial charge on any atom is 0.367 e. The first kappa shape index (κ1) is 24.0. The fraction of sp³-hybridized carbons (Fsp3) is 0.429. The normalized spacial score (nSPS) is 17.0. The van der Waals surface area contributed by atoms with Gasteiger partial charge in [0, 0.05) is 17.5 Å². The Labute approximate surface area is 190 Å². The number of nitrogens with zero attached hydrogens (tertiary/aromatic N) is 2. The number of esters is 2. The molecule has 0 bridgehead atoms. The van der Waals surface area contributed by atoms with E-state index in [0.29, 0.717) is 30.5 Å². The van der Waals surface area contributed by atoms with Crippen LogP contribution >= 0.6 is 11.3 Å². The maximum absolute atomic E-state index is 13.2. The molecule has 1 aromatic heterocycles. The zero-order valence-corrected chi connectivity index (χ0v) is 19.4. The van der Waals surface area contributed by atoms with Crippen molar-refractivity contribution in [1.29, 1.82) is 0 Å². The van der Waals surface area contributed by atoms with Gasteiger partial charge in [0.25, 0.3) is 0 Å². The van der Waals surface area contributed by atoms with E-state index in [2.05, 4.69) is 4.98 Å². The number of aromatic nitrogens is 1. The lowest BCUT2D eigenvalue weighted by molar-refractivity contribution is -0.150. The zero-order chi connectivity index (χ0) is 23.3.